The normalized spacial score (nSPS) is 25.1. The number of nitrogens with zero attached hydrogens (tertiary/aromatic N) is 2. The van der Waals surface area contributed by atoms with Gasteiger partial charge in [0.15, 0.2) is 0 Å². The molecule has 0 aromatic carbocycles. The molecule has 1 heterocycles. The first kappa shape index (κ1) is 17.9. The molecule has 0 amide bonds. The Morgan fingerprint density at radius 1 is 1.20 bits per heavy atom. The van der Waals surface area contributed by atoms with Crippen LogP contribution in [0.3, 0.4) is 0 Å². The van der Waals surface area contributed by atoms with E-state index >= 15 is 0 Å². The van der Waals surface area contributed by atoms with E-state index < -0.39 is 0 Å². The van der Waals surface area contributed by atoms with E-state index in [2.05, 4.69) is 30.6 Å². The zero-order valence-electron chi connectivity index (χ0n) is 13.9. The van der Waals surface area contributed by atoms with Crippen LogP contribution in [-0.4, -0.2) is 67.8 Å². The molecule has 0 aliphatic carbocycles. The second-order valence-corrected chi connectivity index (χ2v) is 5.90. The Balaban J connectivity index is 2.63. The highest BCUT2D eigenvalue weighted by Gasteiger charge is 2.35. The zero-order valence-corrected chi connectivity index (χ0v) is 13.9. The van der Waals surface area contributed by atoms with Gasteiger partial charge in [-0.1, -0.05) is 13.8 Å². The summed E-state index contributed by atoms with van der Waals surface area (Å²) in [6, 6.07) is 0. The predicted octanol–water partition coefficient (Wildman–Crippen LogP) is 1.94. The van der Waals surface area contributed by atoms with Crippen molar-refractivity contribution in [3.8, 4) is 0 Å². The molecule has 4 heteroatoms. The largest absolute Gasteiger partial charge is 0.380 e. The lowest BCUT2D eigenvalue weighted by atomic mass is 9.88. The molecule has 1 fully saturated rings. The van der Waals surface area contributed by atoms with Gasteiger partial charge in [0.25, 0.3) is 0 Å². The Morgan fingerprint density at radius 3 is 2.60 bits per heavy atom. The molecule has 0 radical (unpaired) electrons. The topological polar surface area (TPSA) is 41.7 Å². The molecule has 1 rings (SSSR count). The number of hydrogen-bond donors (Lipinski definition) is 1. The monoisotopic (exact) mass is 285 g/mol. The van der Waals surface area contributed by atoms with Crippen molar-refractivity contribution in [2.24, 2.45) is 5.73 Å². The van der Waals surface area contributed by atoms with E-state index in [9.17, 15) is 0 Å². The quantitative estimate of drug-likeness (QED) is 0.657. The molecule has 120 valence electrons. The lowest BCUT2D eigenvalue weighted by molar-refractivity contribution is 0.0428. The van der Waals surface area contributed by atoms with Crippen molar-refractivity contribution in [3.63, 3.8) is 0 Å². The third-order valence-corrected chi connectivity index (χ3v) is 4.69. The highest BCUT2D eigenvalue weighted by molar-refractivity contribution is 4.94. The van der Waals surface area contributed by atoms with Gasteiger partial charge in [-0.25, -0.2) is 0 Å². The Morgan fingerprint density at radius 2 is 2.00 bits per heavy atom. The van der Waals surface area contributed by atoms with Crippen molar-refractivity contribution in [2.75, 3.05) is 52.5 Å². The Hall–Kier alpha value is -0.160. The average Bonchev–Trinajstić information content (AvgIpc) is 2.68. The van der Waals surface area contributed by atoms with Gasteiger partial charge in [-0.2, -0.15) is 0 Å². The minimum absolute atomic E-state index is 0.189. The molecule has 0 aromatic heterocycles. The van der Waals surface area contributed by atoms with E-state index in [0.717, 1.165) is 32.8 Å². The summed E-state index contributed by atoms with van der Waals surface area (Å²) < 4.78 is 5.54. The van der Waals surface area contributed by atoms with Crippen molar-refractivity contribution in [2.45, 2.75) is 52.0 Å². The van der Waals surface area contributed by atoms with Crippen molar-refractivity contribution >= 4 is 0 Å². The third kappa shape index (κ3) is 4.99. The van der Waals surface area contributed by atoms with E-state index in [4.69, 9.17) is 10.5 Å². The molecule has 2 N–H and O–H groups in total. The van der Waals surface area contributed by atoms with Crippen LogP contribution in [0, 0.1) is 0 Å². The molecular weight excluding hydrogens is 250 g/mol. The lowest BCUT2D eigenvalue weighted by Gasteiger charge is -2.42. The molecule has 0 aromatic rings. The fourth-order valence-electron chi connectivity index (χ4n) is 3.47. The molecule has 1 saturated heterocycles. The Bertz CT molecular complexity index is 250. The molecule has 1 aliphatic heterocycles. The highest BCUT2D eigenvalue weighted by Crippen LogP contribution is 2.28. The van der Waals surface area contributed by atoms with Crippen molar-refractivity contribution < 1.29 is 4.74 Å². The molecule has 0 bridgehead atoms. The summed E-state index contributed by atoms with van der Waals surface area (Å²) in [5.41, 5.74) is 6.40. The maximum absolute atomic E-state index is 6.21. The summed E-state index contributed by atoms with van der Waals surface area (Å²) in [7, 11) is 0. The lowest BCUT2D eigenvalue weighted by Crippen LogP contribution is -2.55. The number of hydrogen-bond acceptors (Lipinski definition) is 4. The fraction of sp³-hybridized carbons (Fsp3) is 1.00. The van der Waals surface area contributed by atoms with Gasteiger partial charge in [0.05, 0.1) is 6.61 Å². The smallest absolute Gasteiger partial charge is 0.0593 e. The summed E-state index contributed by atoms with van der Waals surface area (Å²) in [5.74, 6) is 0. The first-order valence-corrected chi connectivity index (χ1v) is 8.47. The molecule has 20 heavy (non-hydrogen) atoms. The van der Waals surface area contributed by atoms with E-state index in [0.29, 0.717) is 0 Å². The minimum atomic E-state index is 0.189. The summed E-state index contributed by atoms with van der Waals surface area (Å²) in [6.07, 6.45) is 4.94. The van der Waals surface area contributed by atoms with Gasteiger partial charge in [0, 0.05) is 25.2 Å². The molecular formula is C16H35N3O. The van der Waals surface area contributed by atoms with Crippen LogP contribution in [0.25, 0.3) is 0 Å². The van der Waals surface area contributed by atoms with Crippen LogP contribution in [0.15, 0.2) is 0 Å². The van der Waals surface area contributed by atoms with Gasteiger partial charge in [-0.3, -0.25) is 4.90 Å². The molecule has 0 spiro atoms. The Kier molecular flexibility index (Phi) is 8.69. The molecule has 1 unspecified atom stereocenters. The van der Waals surface area contributed by atoms with Gasteiger partial charge in [0.1, 0.15) is 0 Å². The van der Waals surface area contributed by atoms with E-state index in [1.165, 1.54) is 45.3 Å². The van der Waals surface area contributed by atoms with Gasteiger partial charge >= 0.3 is 0 Å². The number of rotatable bonds is 9. The van der Waals surface area contributed by atoms with Gasteiger partial charge < -0.3 is 15.4 Å². The first-order chi connectivity index (χ1) is 9.72. The Labute approximate surface area is 125 Å². The van der Waals surface area contributed by atoms with Crippen molar-refractivity contribution in [1.82, 2.24) is 9.80 Å². The summed E-state index contributed by atoms with van der Waals surface area (Å²) in [6.45, 7) is 14.7. The maximum Gasteiger partial charge on any atom is 0.0593 e. The predicted molar refractivity (Wildman–Crippen MR) is 86.1 cm³/mol. The molecule has 4 nitrogen and oxygen atoms in total. The minimum Gasteiger partial charge on any atom is -0.380 e. The highest BCUT2D eigenvalue weighted by atomic mass is 16.5. The van der Waals surface area contributed by atoms with Crippen LogP contribution in [0.2, 0.25) is 0 Å². The number of nitrogens with two attached hydrogens (primary N) is 1. The van der Waals surface area contributed by atoms with Crippen LogP contribution in [0.1, 0.15) is 46.5 Å². The van der Waals surface area contributed by atoms with Crippen LogP contribution in [-0.2, 0) is 4.74 Å². The van der Waals surface area contributed by atoms with Gasteiger partial charge in [0.2, 0.25) is 0 Å². The second-order valence-electron chi connectivity index (χ2n) is 5.90. The fourth-order valence-corrected chi connectivity index (χ4v) is 3.47. The van der Waals surface area contributed by atoms with Crippen molar-refractivity contribution in [1.29, 1.82) is 0 Å². The van der Waals surface area contributed by atoms with Crippen LogP contribution >= 0.6 is 0 Å². The van der Waals surface area contributed by atoms with Crippen LogP contribution in [0.5, 0.6) is 0 Å². The van der Waals surface area contributed by atoms with Crippen LogP contribution in [0.4, 0.5) is 0 Å². The SMILES string of the molecule is CCCN1CCCC(CN)(N(CC)CCOCC)CC1. The second kappa shape index (κ2) is 9.72. The summed E-state index contributed by atoms with van der Waals surface area (Å²) in [4.78, 5) is 5.17. The standard InChI is InChI=1S/C16H35N3O/c1-4-10-18-11-7-8-16(15-17,9-12-18)19(5-2)13-14-20-6-3/h4-15,17H2,1-3H3. The number of likely N-dealkylation sites (tertiary alicyclic amines) is 1. The zero-order chi connectivity index (χ0) is 14.8. The average molecular weight is 285 g/mol. The van der Waals surface area contributed by atoms with E-state index in [1.54, 1.807) is 0 Å². The maximum atomic E-state index is 6.21. The number of likely N-dealkylation sites (N-methyl/N-ethyl adjacent to an activating group) is 1. The molecule has 1 aliphatic rings. The summed E-state index contributed by atoms with van der Waals surface area (Å²) in [5, 5.41) is 0. The van der Waals surface area contributed by atoms with Crippen molar-refractivity contribution in [3.05, 3.63) is 0 Å². The first-order valence-electron chi connectivity index (χ1n) is 8.47. The van der Waals surface area contributed by atoms with Gasteiger partial charge in [-0.05, 0) is 58.8 Å². The van der Waals surface area contributed by atoms with E-state index in [1.807, 2.05) is 0 Å². The third-order valence-electron chi connectivity index (χ3n) is 4.69. The number of ether oxygens (including phenoxy) is 1. The van der Waals surface area contributed by atoms with E-state index in [-0.39, 0.29) is 5.54 Å². The van der Waals surface area contributed by atoms with Gasteiger partial charge in [-0.15, -0.1) is 0 Å². The van der Waals surface area contributed by atoms with Crippen LogP contribution < -0.4 is 5.73 Å². The molecule has 0 saturated carbocycles. The molecule has 1 atom stereocenters. The summed E-state index contributed by atoms with van der Waals surface area (Å²) >= 11 is 0.